The van der Waals surface area contributed by atoms with Crippen molar-refractivity contribution in [1.82, 2.24) is 9.80 Å². The van der Waals surface area contributed by atoms with Gasteiger partial charge in [-0.25, -0.2) is 0 Å². The molecule has 2 amide bonds. The van der Waals surface area contributed by atoms with Crippen LogP contribution in [0.15, 0.2) is 42.5 Å². The van der Waals surface area contributed by atoms with Crippen molar-refractivity contribution < 1.29 is 9.59 Å². The Kier molecular flexibility index (Phi) is 4.64. The molecule has 5 heteroatoms. The zero-order valence-electron chi connectivity index (χ0n) is 15.2. The minimum Gasteiger partial charge on any atom is -0.340 e. The summed E-state index contributed by atoms with van der Waals surface area (Å²) in [5.41, 5.74) is 0.916. The number of hydrogen-bond acceptors (Lipinski definition) is 3. The number of nitrogens with zero attached hydrogens (tertiary/aromatic N) is 3. The first kappa shape index (κ1) is 17.0. The van der Waals surface area contributed by atoms with Crippen LogP contribution in [0.3, 0.4) is 0 Å². The van der Waals surface area contributed by atoms with Crippen LogP contribution in [0.2, 0.25) is 0 Å². The molecule has 136 valence electrons. The molecule has 1 atom stereocenters. The lowest BCUT2D eigenvalue weighted by molar-refractivity contribution is -0.137. The number of rotatable bonds is 3. The fourth-order valence-electron chi connectivity index (χ4n) is 4.09. The monoisotopic (exact) mass is 351 g/mol. The first-order chi connectivity index (χ1) is 12.7. The molecular formula is C21H25N3O2. The van der Waals surface area contributed by atoms with Gasteiger partial charge >= 0.3 is 0 Å². The average molecular weight is 351 g/mol. The summed E-state index contributed by atoms with van der Waals surface area (Å²) in [5, 5.41) is 2.18. The van der Waals surface area contributed by atoms with Gasteiger partial charge in [-0.05, 0) is 18.0 Å². The van der Waals surface area contributed by atoms with Gasteiger partial charge in [0.05, 0.1) is 11.6 Å². The molecule has 2 aromatic rings. The highest BCUT2D eigenvalue weighted by Gasteiger charge is 2.38. The third-order valence-electron chi connectivity index (χ3n) is 5.66. The highest BCUT2D eigenvalue weighted by atomic mass is 16.2. The maximum Gasteiger partial charge on any atom is 0.228 e. The van der Waals surface area contributed by atoms with Crippen molar-refractivity contribution in [3.05, 3.63) is 42.5 Å². The summed E-state index contributed by atoms with van der Waals surface area (Å²) in [7, 11) is 0. The van der Waals surface area contributed by atoms with Crippen LogP contribution in [0.4, 0.5) is 5.69 Å². The van der Waals surface area contributed by atoms with E-state index in [1.165, 1.54) is 0 Å². The first-order valence-electron chi connectivity index (χ1n) is 9.46. The Morgan fingerprint density at radius 2 is 1.77 bits per heavy atom. The molecule has 2 aromatic carbocycles. The van der Waals surface area contributed by atoms with Gasteiger partial charge in [-0.2, -0.15) is 0 Å². The molecule has 2 saturated heterocycles. The van der Waals surface area contributed by atoms with Gasteiger partial charge in [-0.1, -0.05) is 43.3 Å². The van der Waals surface area contributed by atoms with E-state index in [1.807, 2.05) is 35.2 Å². The summed E-state index contributed by atoms with van der Waals surface area (Å²) in [6, 6.07) is 14.1. The Morgan fingerprint density at radius 3 is 2.54 bits per heavy atom. The van der Waals surface area contributed by atoms with Crippen molar-refractivity contribution in [2.24, 2.45) is 5.92 Å². The molecule has 2 fully saturated rings. The second kappa shape index (κ2) is 7.08. The van der Waals surface area contributed by atoms with Gasteiger partial charge in [0.25, 0.3) is 0 Å². The van der Waals surface area contributed by atoms with Crippen LogP contribution in [0.5, 0.6) is 0 Å². The average Bonchev–Trinajstić information content (AvgIpc) is 3.08. The maximum absolute atomic E-state index is 12.9. The number of fused-ring (bicyclic) bond motifs is 1. The Morgan fingerprint density at radius 1 is 1.04 bits per heavy atom. The van der Waals surface area contributed by atoms with Crippen LogP contribution in [-0.4, -0.2) is 60.9 Å². The summed E-state index contributed by atoms with van der Waals surface area (Å²) >= 11 is 0. The van der Waals surface area contributed by atoms with Crippen LogP contribution in [0, 0.1) is 5.92 Å². The number of carbonyl (C=O) groups excluding carboxylic acids is 2. The zero-order valence-corrected chi connectivity index (χ0v) is 15.2. The topological polar surface area (TPSA) is 43.9 Å². The van der Waals surface area contributed by atoms with Crippen LogP contribution in [0.25, 0.3) is 10.8 Å². The minimum absolute atomic E-state index is 0.0481. The molecule has 0 radical (unpaired) electrons. The lowest BCUT2D eigenvalue weighted by atomic mass is 10.1. The van der Waals surface area contributed by atoms with Gasteiger partial charge < -0.3 is 14.7 Å². The van der Waals surface area contributed by atoms with Crippen LogP contribution < -0.4 is 4.90 Å². The van der Waals surface area contributed by atoms with Crippen molar-refractivity contribution in [3.8, 4) is 0 Å². The Labute approximate surface area is 154 Å². The predicted octanol–water partition coefficient (Wildman–Crippen LogP) is 2.36. The van der Waals surface area contributed by atoms with E-state index in [0.29, 0.717) is 13.0 Å². The lowest BCUT2D eigenvalue weighted by Gasteiger charge is -2.35. The second-order valence-corrected chi connectivity index (χ2v) is 7.16. The van der Waals surface area contributed by atoms with Gasteiger partial charge in [0, 0.05) is 44.5 Å². The number of likely N-dealkylation sites (N-methyl/N-ethyl adjacent to an activating group) is 1. The van der Waals surface area contributed by atoms with E-state index in [-0.39, 0.29) is 17.7 Å². The van der Waals surface area contributed by atoms with Crippen molar-refractivity contribution in [1.29, 1.82) is 0 Å². The number of anilines is 1. The number of amides is 2. The fourth-order valence-corrected chi connectivity index (χ4v) is 4.09. The zero-order chi connectivity index (χ0) is 18.1. The molecule has 2 aliphatic heterocycles. The number of hydrogen-bond donors (Lipinski definition) is 0. The quantitative estimate of drug-likeness (QED) is 0.853. The third kappa shape index (κ3) is 3.07. The first-order valence-corrected chi connectivity index (χ1v) is 9.46. The van der Waals surface area contributed by atoms with Crippen LogP contribution >= 0.6 is 0 Å². The van der Waals surface area contributed by atoms with Crippen LogP contribution in [0.1, 0.15) is 13.3 Å². The number of benzene rings is 2. The highest BCUT2D eigenvalue weighted by Crippen LogP contribution is 2.32. The summed E-state index contributed by atoms with van der Waals surface area (Å²) < 4.78 is 0. The summed E-state index contributed by atoms with van der Waals surface area (Å²) in [5.74, 6) is -0.0432. The van der Waals surface area contributed by atoms with Crippen LogP contribution in [-0.2, 0) is 9.59 Å². The van der Waals surface area contributed by atoms with E-state index in [4.69, 9.17) is 0 Å². The summed E-state index contributed by atoms with van der Waals surface area (Å²) in [4.78, 5) is 31.7. The number of piperazine rings is 1. The molecule has 0 N–H and O–H groups in total. The Hall–Kier alpha value is -2.40. The van der Waals surface area contributed by atoms with E-state index >= 15 is 0 Å². The summed E-state index contributed by atoms with van der Waals surface area (Å²) in [6.07, 6.45) is 0.316. The SMILES string of the molecule is CCN1CCN(C(=O)C2CC(=O)N(c3cccc4ccccc34)C2)CC1. The standard InChI is InChI=1S/C21H25N3O2/c1-2-22-10-12-23(13-11-22)21(26)17-14-20(25)24(15-17)19-9-5-7-16-6-3-4-8-18(16)19/h3-9,17H,2,10-15H2,1H3. The van der Waals surface area contributed by atoms with Gasteiger partial charge in [-0.15, -0.1) is 0 Å². The molecule has 26 heavy (non-hydrogen) atoms. The molecule has 0 bridgehead atoms. The molecule has 1 unspecified atom stereocenters. The maximum atomic E-state index is 12.9. The van der Waals surface area contributed by atoms with Gasteiger partial charge in [0.15, 0.2) is 0 Å². The molecule has 0 aromatic heterocycles. The van der Waals surface area contributed by atoms with E-state index in [0.717, 1.165) is 49.2 Å². The third-order valence-corrected chi connectivity index (χ3v) is 5.66. The lowest BCUT2D eigenvalue weighted by Crippen LogP contribution is -2.50. The van der Waals surface area contributed by atoms with Gasteiger partial charge in [0.1, 0.15) is 0 Å². The normalized spacial score (nSPS) is 21.6. The van der Waals surface area contributed by atoms with Gasteiger partial charge in [0.2, 0.25) is 11.8 Å². The van der Waals surface area contributed by atoms with Crippen molar-refractivity contribution in [2.45, 2.75) is 13.3 Å². The molecular weight excluding hydrogens is 326 g/mol. The van der Waals surface area contributed by atoms with E-state index in [9.17, 15) is 9.59 Å². The molecule has 5 nitrogen and oxygen atoms in total. The highest BCUT2D eigenvalue weighted by molar-refractivity contribution is 6.07. The van der Waals surface area contributed by atoms with Crippen molar-refractivity contribution in [2.75, 3.05) is 44.2 Å². The largest absolute Gasteiger partial charge is 0.340 e. The van der Waals surface area contributed by atoms with Crippen molar-refractivity contribution >= 4 is 28.3 Å². The molecule has 2 heterocycles. The predicted molar refractivity (Wildman–Crippen MR) is 103 cm³/mol. The Balaban J connectivity index is 1.51. The van der Waals surface area contributed by atoms with E-state index in [1.54, 1.807) is 4.90 Å². The van der Waals surface area contributed by atoms with E-state index in [2.05, 4.69) is 24.0 Å². The van der Waals surface area contributed by atoms with Gasteiger partial charge in [-0.3, -0.25) is 9.59 Å². The molecule has 0 aliphatic carbocycles. The fraction of sp³-hybridized carbons (Fsp3) is 0.429. The summed E-state index contributed by atoms with van der Waals surface area (Å²) in [6.45, 7) is 7.05. The molecule has 2 aliphatic rings. The molecule has 0 spiro atoms. The molecule has 0 saturated carbocycles. The van der Waals surface area contributed by atoms with Crippen molar-refractivity contribution in [3.63, 3.8) is 0 Å². The number of carbonyl (C=O) groups is 2. The second-order valence-electron chi connectivity index (χ2n) is 7.16. The molecule has 4 rings (SSSR count). The minimum atomic E-state index is -0.227. The smallest absolute Gasteiger partial charge is 0.228 e. The van der Waals surface area contributed by atoms with E-state index < -0.39 is 0 Å². The Bertz CT molecular complexity index is 822.